The first-order valence-electron chi connectivity index (χ1n) is 5.75. The van der Waals surface area contributed by atoms with E-state index in [1.165, 1.54) is 0 Å². The van der Waals surface area contributed by atoms with Gasteiger partial charge in [-0.1, -0.05) is 29.3 Å². The van der Waals surface area contributed by atoms with Gasteiger partial charge in [-0.3, -0.25) is 0 Å². The summed E-state index contributed by atoms with van der Waals surface area (Å²) in [6, 6.07) is 9.50. The van der Waals surface area contributed by atoms with Gasteiger partial charge in [0.2, 0.25) is 0 Å². The summed E-state index contributed by atoms with van der Waals surface area (Å²) in [5.74, 6) is 0.824. The summed E-state index contributed by atoms with van der Waals surface area (Å²) in [7, 11) is 3.64. The highest BCUT2D eigenvalue weighted by Crippen LogP contribution is 2.24. The molecule has 0 unspecified atom stereocenters. The van der Waals surface area contributed by atoms with Crippen LogP contribution in [0.3, 0.4) is 0 Å². The number of methoxy groups -OCH3 is 1. The zero-order valence-corrected chi connectivity index (χ0v) is 12.2. The number of hydrogen-bond acceptors (Lipinski definition) is 3. The van der Waals surface area contributed by atoms with Crippen molar-refractivity contribution in [2.75, 3.05) is 19.1 Å². The molecule has 2 rings (SSSR count). The lowest BCUT2D eigenvalue weighted by Gasteiger charge is -2.20. The summed E-state index contributed by atoms with van der Waals surface area (Å²) in [6.07, 6.45) is 1.70. The number of hydrogen-bond donors (Lipinski definition) is 0. The van der Waals surface area contributed by atoms with E-state index in [0.29, 0.717) is 16.7 Å². The summed E-state index contributed by atoms with van der Waals surface area (Å²) in [6.45, 7) is 0.649. The average molecular weight is 297 g/mol. The van der Waals surface area contributed by atoms with Crippen LogP contribution < -0.4 is 9.64 Å². The fourth-order valence-electron chi connectivity index (χ4n) is 1.75. The minimum Gasteiger partial charge on any atom is -0.497 e. The van der Waals surface area contributed by atoms with Crippen molar-refractivity contribution >= 4 is 28.9 Å². The standard InChI is InChI=1S/C14H14Cl2N2O/c1-18(11-4-3-5-12(6-11)19-2)9-10-8-17-14(16)7-13(10)15/h3-8H,9H2,1-2H3. The fraction of sp³-hybridized carbons (Fsp3) is 0.214. The van der Waals surface area contributed by atoms with E-state index in [1.54, 1.807) is 19.4 Å². The molecule has 100 valence electrons. The van der Waals surface area contributed by atoms with Gasteiger partial charge in [0.15, 0.2) is 0 Å². The SMILES string of the molecule is COc1cccc(N(C)Cc2cnc(Cl)cc2Cl)c1. The Labute approximate surface area is 122 Å². The third kappa shape index (κ3) is 3.52. The van der Waals surface area contributed by atoms with Crippen LogP contribution in [-0.2, 0) is 6.54 Å². The maximum Gasteiger partial charge on any atom is 0.130 e. The van der Waals surface area contributed by atoms with E-state index in [4.69, 9.17) is 27.9 Å². The van der Waals surface area contributed by atoms with Crippen molar-refractivity contribution in [3.63, 3.8) is 0 Å². The molecule has 0 spiro atoms. The second kappa shape index (κ2) is 6.13. The highest BCUT2D eigenvalue weighted by Gasteiger charge is 2.07. The summed E-state index contributed by atoms with van der Waals surface area (Å²) in [5.41, 5.74) is 1.97. The molecule has 0 N–H and O–H groups in total. The maximum atomic E-state index is 6.14. The molecule has 0 atom stereocenters. The Morgan fingerprint density at radius 2 is 2.05 bits per heavy atom. The third-order valence-corrected chi connectivity index (χ3v) is 3.36. The number of benzene rings is 1. The Kier molecular flexibility index (Phi) is 4.51. The average Bonchev–Trinajstić information content (AvgIpc) is 2.42. The van der Waals surface area contributed by atoms with Crippen LogP contribution >= 0.6 is 23.2 Å². The lowest BCUT2D eigenvalue weighted by Crippen LogP contribution is -2.16. The van der Waals surface area contributed by atoms with Crippen LogP contribution in [0.15, 0.2) is 36.5 Å². The van der Waals surface area contributed by atoms with Crippen molar-refractivity contribution < 1.29 is 4.74 Å². The van der Waals surface area contributed by atoms with Crippen molar-refractivity contribution in [3.05, 3.63) is 52.3 Å². The van der Waals surface area contributed by atoms with Gasteiger partial charge >= 0.3 is 0 Å². The molecule has 0 amide bonds. The molecule has 0 aliphatic carbocycles. The quantitative estimate of drug-likeness (QED) is 0.797. The minimum absolute atomic E-state index is 0.401. The highest BCUT2D eigenvalue weighted by atomic mass is 35.5. The van der Waals surface area contributed by atoms with Gasteiger partial charge in [-0.2, -0.15) is 0 Å². The minimum atomic E-state index is 0.401. The van der Waals surface area contributed by atoms with E-state index in [-0.39, 0.29) is 0 Å². The number of rotatable bonds is 4. The van der Waals surface area contributed by atoms with Crippen LogP contribution in [0.25, 0.3) is 0 Å². The van der Waals surface area contributed by atoms with Crippen LogP contribution in [0.2, 0.25) is 10.2 Å². The molecule has 0 aliphatic heterocycles. The lowest BCUT2D eigenvalue weighted by atomic mass is 10.2. The van der Waals surface area contributed by atoms with Crippen molar-refractivity contribution in [2.45, 2.75) is 6.54 Å². The fourth-order valence-corrected chi connectivity index (χ4v) is 2.17. The second-order valence-corrected chi connectivity index (χ2v) is 4.95. The Balaban J connectivity index is 2.17. The monoisotopic (exact) mass is 296 g/mol. The van der Waals surface area contributed by atoms with Crippen molar-refractivity contribution in [3.8, 4) is 5.75 Å². The van der Waals surface area contributed by atoms with E-state index < -0.39 is 0 Å². The van der Waals surface area contributed by atoms with Gasteiger partial charge < -0.3 is 9.64 Å². The topological polar surface area (TPSA) is 25.4 Å². The van der Waals surface area contributed by atoms with Crippen LogP contribution in [0, 0.1) is 0 Å². The normalized spacial score (nSPS) is 10.3. The molecule has 1 heterocycles. The van der Waals surface area contributed by atoms with E-state index in [0.717, 1.165) is 17.0 Å². The van der Waals surface area contributed by atoms with E-state index in [9.17, 15) is 0 Å². The molecule has 19 heavy (non-hydrogen) atoms. The number of anilines is 1. The Hall–Kier alpha value is -1.45. The summed E-state index contributed by atoms with van der Waals surface area (Å²) in [5, 5.41) is 1.02. The number of nitrogens with zero attached hydrogens (tertiary/aromatic N) is 2. The van der Waals surface area contributed by atoms with Crippen molar-refractivity contribution in [2.24, 2.45) is 0 Å². The number of ether oxygens (including phenoxy) is 1. The predicted octanol–water partition coefficient (Wildman–Crippen LogP) is 4.03. The molecule has 5 heteroatoms. The smallest absolute Gasteiger partial charge is 0.130 e. The molecule has 3 nitrogen and oxygen atoms in total. The number of halogens is 2. The largest absolute Gasteiger partial charge is 0.497 e. The van der Waals surface area contributed by atoms with Crippen molar-refractivity contribution in [1.29, 1.82) is 0 Å². The van der Waals surface area contributed by atoms with Gasteiger partial charge in [0, 0.05) is 37.1 Å². The molecule has 0 bridgehead atoms. The molecule has 1 aromatic heterocycles. The first kappa shape index (κ1) is 14.0. The molecule has 1 aromatic carbocycles. The molecule has 0 saturated heterocycles. The third-order valence-electron chi connectivity index (χ3n) is 2.80. The van der Waals surface area contributed by atoms with Gasteiger partial charge in [-0.05, 0) is 18.2 Å². The molecular weight excluding hydrogens is 283 g/mol. The second-order valence-electron chi connectivity index (χ2n) is 4.16. The highest BCUT2D eigenvalue weighted by molar-refractivity contribution is 6.34. The molecular formula is C14H14Cl2N2O. The predicted molar refractivity (Wildman–Crippen MR) is 79.4 cm³/mol. The molecule has 0 radical (unpaired) electrons. The van der Waals surface area contributed by atoms with E-state index >= 15 is 0 Å². The number of aromatic nitrogens is 1. The van der Waals surface area contributed by atoms with Gasteiger partial charge in [-0.15, -0.1) is 0 Å². The molecule has 0 fully saturated rings. The maximum absolute atomic E-state index is 6.14. The first-order chi connectivity index (χ1) is 9.10. The summed E-state index contributed by atoms with van der Waals surface area (Å²) >= 11 is 11.9. The van der Waals surface area contributed by atoms with Crippen LogP contribution in [0.5, 0.6) is 5.75 Å². The van der Waals surface area contributed by atoms with Gasteiger partial charge in [0.25, 0.3) is 0 Å². The van der Waals surface area contributed by atoms with E-state index in [2.05, 4.69) is 9.88 Å². The van der Waals surface area contributed by atoms with Crippen LogP contribution in [-0.4, -0.2) is 19.1 Å². The van der Waals surface area contributed by atoms with Gasteiger partial charge in [0.05, 0.1) is 12.1 Å². The Morgan fingerprint density at radius 3 is 2.74 bits per heavy atom. The van der Waals surface area contributed by atoms with E-state index in [1.807, 2.05) is 31.3 Å². The molecule has 2 aromatic rings. The van der Waals surface area contributed by atoms with Crippen LogP contribution in [0.1, 0.15) is 5.56 Å². The summed E-state index contributed by atoms with van der Waals surface area (Å²) < 4.78 is 5.21. The zero-order valence-electron chi connectivity index (χ0n) is 10.7. The Bertz CT molecular complexity index is 575. The Morgan fingerprint density at radius 1 is 1.26 bits per heavy atom. The zero-order chi connectivity index (χ0) is 13.8. The lowest BCUT2D eigenvalue weighted by molar-refractivity contribution is 0.415. The summed E-state index contributed by atoms with van der Waals surface area (Å²) in [4.78, 5) is 6.12. The van der Waals surface area contributed by atoms with Crippen molar-refractivity contribution in [1.82, 2.24) is 4.98 Å². The molecule has 0 aliphatic rings. The van der Waals surface area contributed by atoms with Gasteiger partial charge in [-0.25, -0.2) is 4.98 Å². The molecule has 0 saturated carbocycles. The van der Waals surface area contributed by atoms with Gasteiger partial charge in [0.1, 0.15) is 10.9 Å². The number of pyridine rings is 1. The first-order valence-corrected chi connectivity index (χ1v) is 6.51. The van der Waals surface area contributed by atoms with Crippen LogP contribution in [0.4, 0.5) is 5.69 Å².